The number of hydrogen-bond donors (Lipinski definition) is 1. The SMILES string of the molecule is Fc1cc(F)cc(-c2ccnc(Nc3ccccc3)n2)c1. The lowest BCUT2D eigenvalue weighted by molar-refractivity contribution is 0.584. The Morgan fingerprint density at radius 1 is 0.857 bits per heavy atom. The molecule has 21 heavy (non-hydrogen) atoms. The molecule has 3 nitrogen and oxygen atoms in total. The summed E-state index contributed by atoms with van der Waals surface area (Å²) in [5, 5.41) is 3.03. The van der Waals surface area contributed by atoms with Crippen LogP contribution in [0, 0.1) is 11.6 Å². The first-order valence-electron chi connectivity index (χ1n) is 6.32. The molecule has 1 aromatic heterocycles. The van der Waals surface area contributed by atoms with Gasteiger partial charge in [0.15, 0.2) is 0 Å². The highest BCUT2D eigenvalue weighted by molar-refractivity contribution is 5.62. The minimum atomic E-state index is -0.638. The van der Waals surface area contributed by atoms with E-state index in [0.717, 1.165) is 11.8 Å². The summed E-state index contributed by atoms with van der Waals surface area (Å²) in [4.78, 5) is 8.36. The predicted octanol–water partition coefficient (Wildman–Crippen LogP) is 4.17. The third-order valence-corrected chi connectivity index (χ3v) is 2.84. The maximum absolute atomic E-state index is 13.3. The zero-order valence-corrected chi connectivity index (χ0v) is 10.9. The van der Waals surface area contributed by atoms with Gasteiger partial charge in [0.05, 0.1) is 5.69 Å². The van der Waals surface area contributed by atoms with Crippen molar-refractivity contribution >= 4 is 11.6 Å². The van der Waals surface area contributed by atoms with Crippen molar-refractivity contribution < 1.29 is 8.78 Å². The number of nitrogens with one attached hydrogen (secondary N) is 1. The molecule has 0 aliphatic heterocycles. The average molecular weight is 283 g/mol. The maximum atomic E-state index is 13.3. The van der Waals surface area contributed by atoms with Gasteiger partial charge in [0.25, 0.3) is 0 Å². The summed E-state index contributed by atoms with van der Waals surface area (Å²) in [6, 6.07) is 14.3. The molecule has 0 fully saturated rings. The number of para-hydroxylation sites is 1. The van der Waals surface area contributed by atoms with Crippen LogP contribution < -0.4 is 5.32 Å². The summed E-state index contributed by atoms with van der Waals surface area (Å²) in [6.45, 7) is 0. The van der Waals surface area contributed by atoms with Crippen LogP contribution >= 0.6 is 0 Å². The van der Waals surface area contributed by atoms with Gasteiger partial charge in [-0.2, -0.15) is 0 Å². The number of anilines is 2. The summed E-state index contributed by atoms with van der Waals surface area (Å²) in [6.07, 6.45) is 1.54. The van der Waals surface area contributed by atoms with Crippen molar-refractivity contribution in [3.8, 4) is 11.3 Å². The van der Waals surface area contributed by atoms with Gasteiger partial charge in [-0.15, -0.1) is 0 Å². The van der Waals surface area contributed by atoms with Crippen molar-refractivity contribution in [2.45, 2.75) is 0 Å². The molecule has 0 aliphatic carbocycles. The van der Waals surface area contributed by atoms with Crippen LogP contribution in [0.2, 0.25) is 0 Å². The molecular formula is C16H11F2N3. The quantitative estimate of drug-likeness (QED) is 0.784. The highest BCUT2D eigenvalue weighted by atomic mass is 19.1. The number of hydrogen-bond acceptors (Lipinski definition) is 3. The van der Waals surface area contributed by atoms with Gasteiger partial charge in [0.2, 0.25) is 5.95 Å². The Balaban J connectivity index is 1.93. The van der Waals surface area contributed by atoms with Crippen LogP contribution in [0.4, 0.5) is 20.4 Å². The lowest BCUT2D eigenvalue weighted by atomic mass is 10.1. The summed E-state index contributed by atoms with van der Waals surface area (Å²) in [7, 11) is 0. The highest BCUT2D eigenvalue weighted by Crippen LogP contribution is 2.21. The van der Waals surface area contributed by atoms with E-state index in [-0.39, 0.29) is 0 Å². The number of nitrogens with zero attached hydrogens (tertiary/aromatic N) is 2. The second kappa shape index (κ2) is 5.66. The van der Waals surface area contributed by atoms with Crippen LogP contribution in [0.25, 0.3) is 11.3 Å². The lowest BCUT2D eigenvalue weighted by Crippen LogP contribution is -1.98. The normalized spacial score (nSPS) is 10.4. The van der Waals surface area contributed by atoms with Crippen LogP contribution in [0.15, 0.2) is 60.8 Å². The molecule has 0 amide bonds. The second-order valence-corrected chi connectivity index (χ2v) is 4.41. The van der Waals surface area contributed by atoms with Crippen LogP contribution in [-0.2, 0) is 0 Å². The Morgan fingerprint density at radius 3 is 2.29 bits per heavy atom. The Hall–Kier alpha value is -2.82. The number of aromatic nitrogens is 2. The molecule has 0 radical (unpaired) electrons. The minimum absolute atomic E-state index is 0.364. The van der Waals surface area contributed by atoms with E-state index >= 15 is 0 Å². The van der Waals surface area contributed by atoms with Gasteiger partial charge in [-0.25, -0.2) is 18.7 Å². The maximum Gasteiger partial charge on any atom is 0.227 e. The Labute approximate surface area is 120 Å². The Kier molecular flexibility index (Phi) is 3.55. The van der Waals surface area contributed by atoms with Crippen LogP contribution in [0.3, 0.4) is 0 Å². The fourth-order valence-electron chi connectivity index (χ4n) is 1.93. The molecule has 5 heteroatoms. The topological polar surface area (TPSA) is 37.8 Å². The molecule has 0 saturated carbocycles. The van der Waals surface area contributed by atoms with Gasteiger partial charge < -0.3 is 5.32 Å². The van der Waals surface area contributed by atoms with Gasteiger partial charge in [-0.3, -0.25) is 0 Å². The first kappa shape index (κ1) is 13.2. The molecule has 1 N–H and O–H groups in total. The van der Waals surface area contributed by atoms with Crippen molar-refractivity contribution in [1.29, 1.82) is 0 Å². The molecular weight excluding hydrogens is 272 g/mol. The minimum Gasteiger partial charge on any atom is -0.324 e. The highest BCUT2D eigenvalue weighted by Gasteiger charge is 2.06. The molecule has 0 unspecified atom stereocenters. The van der Waals surface area contributed by atoms with E-state index in [1.54, 1.807) is 6.07 Å². The van der Waals surface area contributed by atoms with E-state index in [2.05, 4.69) is 15.3 Å². The van der Waals surface area contributed by atoms with Crippen molar-refractivity contribution in [3.05, 3.63) is 72.4 Å². The standard InChI is InChI=1S/C16H11F2N3/c17-12-8-11(9-13(18)10-12)15-6-7-19-16(21-15)20-14-4-2-1-3-5-14/h1-10H,(H,19,20,21). The largest absolute Gasteiger partial charge is 0.324 e. The van der Waals surface area contributed by atoms with Crippen molar-refractivity contribution in [1.82, 2.24) is 9.97 Å². The third kappa shape index (κ3) is 3.20. The smallest absolute Gasteiger partial charge is 0.227 e. The van der Waals surface area contributed by atoms with E-state index in [9.17, 15) is 8.78 Å². The zero-order chi connectivity index (χ0) is 14.7. The first-order valence-corrected chi connectivity index (χ1v) is 6.32. The Bertz CT molecular complexity index is 740. The van der Waals surface area contributed by atoms with Gasteiger partial charge in [0, 0.05) is 23.5 Å². The fraction of sp³-hybridized carbons (Fsp3) is 0. The van der Waals surface area contributed by atoms with E-state index < -0.39 is 11.6 Å². The van der Waals surface area contributed by atoms with E-state index in [1.807, 2.05) is 30.3 Å². The van der Waals surface area contributed by atoms with Crippen molar-refractivity contribution in [3.63, 3.8) is 0 Å². The van der Waals surface area contributed by atoms with Crippen LogP contribution in [-0.4, -0.2) is 9.97 Å². The first-order chi connectivity index (χ1) is 10.2. The average Bonchev–Trinajstić information content (AvgIpc) is 2.47. The second-order valence-electron chi connectivity index (χ2n) is 4.41. The van der Waals surface area contributed by atoms with E-state index in [1.165, 1.54) is 18.3 Å². The monoisotopic (exact) mass is 283 g/mol. The molecule has 0 bridgehead atoms. The molecule has 1 heterocycles. The molecule has 0 spiro atoms. The molecule has 3 rings (SSSR count). The molecule has 104 valence electrons. The van der Waals surface area contributed by atoms with Crippen molar-refractivity contribution in [2.24, 2.45) is 0 Å². The van der Waals surface area contributed by atoms with E-state index in [4.69, 9.17) is 0 Å². The number of benzene rings is 2. The Morgan fingerprint density at radius 2 is 1.57 bits per heavy atom. The number of rotatable bonds is 3. The number of halogens is 2. The van der Waals surface area contributed by atoms with Crippen molar-refractivity contribution in [2.75, 3.05) is 5.32 Å². The molecule has 0 aliphatic rings. The molecule has 0 atom stereocenters. The third-order valence-electron chi connectivity index (χ3n) is 2.84. The summed E-state index contributed by atoms with van der Waals surface area (Å²) in [5.74, 6) is -0.911. The van der Waals surface area contributed by atoms with Gasteiger partial charge in [-0.05, 0) is 30.3 Å². The van der Waals surface area contributed by atoms with Gasteiger partial charge in [0.1, 0.15) is 11.6 Å². The van der Waals surface area contributed by atoms with Gasteiger partial charge in [-0.1, -0.05) is 18.2 Å². The summed E-state index contributed by atoms with van der Waals surface area (Å²) >= 11 is 0. The molecule has 3 aromatic rings. The van der Waals surface area contributed by atoms with Crippen LogP contribution in [0.5, 0.6) is 0 Å². The summed E-state index contributed by atoms with van der Waals surface area (Å²) in [5.41, 5.74) is 1.65. The van der Waals surface area contributed by atoms with Crippen LogP contribution in [0.1, 0.15) is 0 Å². The predicted molar refractivity (Wildman–Crippen MR) is 77.1 cm³/mol. The zero-order valence-electron chi connectivity index (χ0n) is 10.9. The molecule has 2 aromatic carbocycles. The lowest BCUT2D eigenvalue weighted by Gasteiger charge is -2.06. The summed E-state index contributed by atoms with van der Waals surface area (Å²) < 4.78 is 26.5. The molecule has 0 saturated heterocycles. The van der Waals surface area contributed by atoms with E-state index in [0.29, 0.717) is 17.2 Å². The fourth-order valence-corrected chi connectivity index (χ4v) is 1.93. The van der Waals surface area contributed by atoms with Gasteiger partial charge >= 0.3 is 0 Å².